The van der Waals surface area contributed by atoms with E-state index in [9.17, 15) is 0 Å². The van der Waals surface area contributed by atoms with E-state index in [4.69, 9.17) is 5.84 Å². The lowest BCUT2D eigenvalue weighted by molar-refractivity contribution is 0.250. The highest BCUT2D eigenvalue weighted by Gasteiger charge is 2.24. The van der Waals surface area contributed by atoms with E-state index in [0.717, 1.165) is 31.6 Å². The Hall–Kier alpha value is -1.32. The first-order valence-electron chi connectivity index (χ1n) is 8.32. The molecule has 1 aromatic carbocycles. The van der Waals surface area contributed by atoms with Crippen LogP contribution in [0.4, 0.5) is 5.69 Å². The van der Waals surface area contributed by atoms with Gasteiger partial charge in [0.15, 0.2) is 0 Å². The first-order chi connectivity index (χ1) is 10.3. The second-order valence-corrected chi connectivity index (χ2v) is 7.47. The minimum absolute atomic E-state index is 0.136. The minimum Gasteiger partial charge on any atom is -0.307 e. The van der Waals surface area contributed by atoms with Gasteiger partial charge in [-0.1, -0.05) is 45.1 Å². The van der Waals surface area contributed by atoms with E-state index < -0.39 is 0 Å². The van der Waals surface area contributed by atoms with Crippen molar-refractivity contribution >= 4 is 11.8 Å². The van der Waals surface area contributed by atoms with Gasteiger partial charge in [0.05, 0.1) is 5.69 Å². The van der Waals surface area contributed by atoms with E-state index in [1.54, 1.807) is 0 Å². The van der Waals surface area contributed by atoms with Crippen molar-refractivity contribution in [2.75, 3.05) is 25.1 Å². The lowest BCUT2D eigenvalue weighted by Gasteiger charge is -2.37. The molecule has 22 heavy (non-hydrogen) atoms. The highest BCUT2D eigenvalue weighted by atomic mass is 15.4. The number of benzene rings is 1. The Kier molecular flexibility index (Phi) is 5.30. The number of rotatable bonds is 3. The van der Waals surface area contributed by atoms with Crippen LogP contribution in [-0.2, 0) is 5.41 Å². The van der Waals surface area contributed by atoms with Gasteiger partial charge < -0.3 is 9.91 Å². The fourth-order valence-corrected chi connectivity index (χ4v) is 3.02. The summed E-state index contributed by atoms with van der Waals surface area (Å²) in [5.41, 5.74) is 3.83. The Labute approximate surface area is 135 Å². The van der Waals surface area contributed by atoms with Gasteiger partial charge in [0.2, 0.25) is 0 Å². The molecule has 3 heteroatoms. The molecular weight excluding hydrogens is 270 g/mol. The molecule has 2 rings (SSSR count). The molecule has 0 atom stereocenters. The molecule has 0 spiro atoms. The standard InChI is InChI=1S/C19H31N3/c1-6-7-15-8-9-16(19(2,3)4)14-18(15)22(20)17-10-12-21(5)13-11-17/h6-9,14,17H,10-13,20H2,1-5H3/b7-6-. The van der Waals surface area contributed by atoms with E-state index in [1.165, 1.54) is 11.1 Å². The van der Waals surface area contributed by atoms with Crippen LogP contribution in [0, 0.1) is 0 Å². The van der Waals surface area contributed by atoms with Crippen LogP contribution in [0.25, 0.3) is 6.08 Å². The molecule has 1 aliphatic heterocycles. The maximum Gasteiger partial charge on any atom is 0.0595 e. The third kappa shape index (κ3) is 3.90. The number of nitrogens with two attached hydrogens (primary N) is 1. The Bertz CT molecular complexity index is 520. The SMILES string of the molecule is C/C=C\c1ccc(C(C)(C)C)cc1N(N)C1CCN(C)CC1. The average molecular weight is 301 g/mol. The predicted octanol–water partition coefficient (Wildman–Crippen LogP) is 3.79. The highest BCUT2D eigenvalue weighted by molar-refractivity contribution is 5.68. The van der Waals surface area contributed by atoms with Gasteiger partial charge in [-0.2, -0.15) is 0 Å². The molecule has 0 amide bonds. The summed E-state index contributed by atoms with van der Waals surface area (Å²) < 4.78 is 0. The van der Waals surface area contributed by atoms with Crippen LogP contribution in [-0.4, -0.2) is 31.1 Å². The summed E-state index contributed by atoms with van der Waals surface area (Å²) in [6.07, 6.45) is 6.48. The quantitative estimate of drug-likeness (QED) is 0.681. The molecule has 0 aliphatic carbocycles. The van der Waals surface area contributed by atoms with Gasteiger partial charge in [0.1, 0.15) is 0 Å². The van der Waals surface area contributed by atoms with Crippen molar-refractivity contribution < 1.29 is 0 Å². The summed E-state index contributed by atoms with van der Waals surface area (Å²) in [6.45, 7) is 11.0. The van der Waals surface area contributed by atoms with Gasteiger partial charge in [-0.05, 0) is 62.5 Å². The average Bonchev–Trinajstić information content (AvgIpc) is 2.47. The molecule has 1 heterocycles. The summed E-state index contributed by atoms with van der Waals surface area (Å²) in [5, 5.41) is 2.01. The largest absolute Gasteiger partial charge is 0.307 e. The van der Waals surface area contributed by atoms with E-state index in [1.807, 2.05) is 5.01 Å². The first-order valence-corrected chi connectivity index (χ1v) is 8.32. The fourth-order valence-electron chi connectivity index (χ4n) is 3.02. The van der Waals surface area contributed by atoms with Crippen molar-refractivity contribution in [2.45, 2.75) is 52.0 Å². The van der Waals surface area contributed by atoms with Gasteiger partial charge in [-0.25, -0.2) is 5.84 Å². The smallest absolute Gasteiger partial charge is 0.0595 e. The number of anilines is 1. The van der Waals surface area contributed by atoms with Crippen LogP contribution in [0.2, 0.25) is 0 Å². The molecule has 0 unspecified atom stereocenters. The number of nitrogens with zero attached hydrogens (tertiary/aromatic N) is 2. The van der Waals surface area contributed by atoms with Gasteiger partial charge in [0.25, 0.3) is 0 Å². The maximum atomic E-state index is 6.54. The Balaban J connectivity index is 2.33. The molecule has 1 aliphatic rings. The van der Waals surface area contributed by atoms with E-state index in [2.05, 4.69) is 70.0 Å². The van der Waals surface area contributed by atoms with Crippen molar-refractivity contribution in [3.63, 3.8) is 0 Å². The molecule has 1 fully saturated rings. The molecule has 0 saturated carbocycles. The normalized spacial score (nSPS) is 18.1. The monoisotopic (exact) mass is 301 g/mol. The highest BCUT2D eigenvalue weighted by Crippen LogP contribution is 2.31. The van der Waals surface area contributed by atoms with Crippen LogP contribution >= 0.6 is 0 Å². The summed E-state index contributed by atoms with van der Waals surface area (Å²) in [6, 6.07) is 7.12. The lowest BCUT2D eigenvalue weighted by Crippen LogP contribution is -2.47. The van der Waals surface area contributed by atoms with Gasteiger partial charge in [-0.15, -0.1) is 0 Å². The second-order valence-electron chi connectivity index (χ2n) is 7.47. The number of hydrogen-bond acceptors (Lipinski definition) is 3. The fraction of sp³-hybridized carbons (Fsp3) is 0.579. The van der Waals surface area contributed by atoms with Crippen molar-refractivity contribution in [3.8, 4) is 0 Å². The number of allylic oxidation sites excluding steroid dienone is 1. The van der Waals surface area contributed by atoms with Crippen LogP contribution in [0.15, 0.2) is 24.3 Å². The molecule has 0 aromatic heterocycles. The maximum absolute atomic E-state index is 6.54. The number of hydrazine groups is 1. The third-order valence-corrected chi connectivity index (χ3v) is 4.60. The summed E-state index contributed by atoms with van der Waals surface area (Å²) in [5.74, 6) is 6.54. The van der Waals surface area contributed by atoms with Crippen LogP contribution < -0.4 is 10.9 Å². The Morgan fingerprint density at radius 1 is 1.23 bits per heavy atom. The van der Waals surface area contributed by atoms with Crippen LogP contribution in [0.3, 0.4) is 0 Å². The zero-order valence-corrected chi connectivity index (χ0v) is 14.8. The lowest BCUT2D eigenvalue weighted by atomic mass is 9.86. The summed E-state index contributed by atoms with van der Waals surface area (Å²) >= 11 is 0. The van der Waals surface area contributed by atoms with E-state index >= 15 is 0 Å². The molecular formula is C19H31N3. The summed E-state index contributed by atoms with van der Waals surface area (Å²) in [7, 11) is 2.18. The number of likely N-dealkylation sites (tertiary alicyclic amines) is 1. The number of hydrogen-bond donors (Lipinski definition) is 1. The topological polar surface area (TPSA) is 32.5 Å². The van der Waals surface area contributed by atoms with Crippen molar-refractivity contribution in [3.05, 3.63) is 35.4 Å². The van der Waals surface area contributed by atoms with Gasteiger partial charge in [-0.3, -0.25) is 0 Å². The molecule has 3 nitrogen and oxygen atoms in total. The number of piperidine rings is 1. The predicted molar refractivity (Wildman–Crippen MR) is 97.0 cm³/mol. The van der Waals surface area contributed by atoms with Crippen molar-refractivity contribution in [1.29, 1.82) is 0 Å². The van der Waals surface area contributed by atoms with Crippen molar-refractivity contribution in [1.82, 2.24) is 4.90 Å². The molecule has 1 aromatic rings. The second kappa shape index (κ2) is 6.84. The van der Waals surface area contributed by atoms with Crippen LogP contribution in [0.1, 0.15) is 51.7 Å². The molecule has 1 saturated heterocycles. The molecule has 2 N–H and O–H groups in total. The third-order valence-electron chi connectivity index (χ3n) is 4.60. The Morgan fingerprint density at radius 2 is 1.86 bits per heavy atom. The Morgan fingerprint density at radius 3 is 2.41 bits per heavy atom. The van der Waals surface area contributed by atoms with Crippen molar-refractivity contribution in [2.24, 2.45) is 5.84 Å². The zero-order chi connectivity index (χ0) is 16.3. The minimum atomic E-state index is 0.136. The van der Waals surface area contributed by atoms with E-state index in [-0.39, 0.29) is 5.41 Å². The molecule has 0 bridgehead atoms. The van der Waals surface area contributed by atoms with Gasteiger partial charge in [0, 0.05) is 6.04 Å². The molecule has 122 valence electrons. The summed E-state index contributed by atoms with van der Waals surface area (Å²) in [4.78, 5) is 2.38. The molecule has 0 radical (unpaired) electrons. The van der Waals surface area contributed by atoms with Crippen LogP contribution in [0.5, 0.6) is 0 Å². The van der Waals surface area contributed by atoms with Gasteiger partial charge >= 0.3 is 0 Å². The first kappa shape index (κ1) is 17.0. The van der Waals surface area contributed by atoms with E-state index in [0.29, 0.717) is 6.04 Å². The zero-order valence-electron chi connectivity index (χ0n) is 14.8.